The van der Waals surface area contributed by atoms with Gasteiger partial charge in [-0.2, -0.15) is 10.4 Å². The molecule has 4 rings (SSSR count). The maximum atomic E-state index is 9.97. The van der Waals surface area contributed by atoms with Crippen LogP contribution >= 0.6 is 24.8 Å². The van der Waals surface area contributed by atoms with Gasteiger partial charge in [-0.05, 0) is 32.0 Å². The predicted molar refractivity (Wildman–Crippen MR) is 125 cm³/mol. The molecule has 3 aromatic rings. The van der Waals surface area contributed by atoms with E-state index in [2.05, 4.69) is 26.4 Å². The third-order valence-corrected chi connectivity index (χ3v) is 4.80. The molecule has 3 aromatic heterocycles. The van der Waals surface area contributed by atoms with E-state index in [1.165, 1.54) is 0 Å². The van der Waals surface area contributed by atoms with Crippen molar-refractivity contribution in [3.8, 4) is 22.9 Å². The molecule has 0 atom stereocenters. The van der Waals surface area contributed by atoms with E-state index in [-0.39, 0.29) is 31.4 Å². The second-order valence-electron chi connectivity index (χ2n) is 7.80. The van der Waals surface area contributed by atoms with Crippen molar-refractivity contribution in [2.24, 2.45) is 0 Å². The lowest BCUT2D eigenvalue weighted by atomic mass is 10.1. The van der Waals surface area contributed by atoms with Crippen LogP contribution in [0.2, 0.25) is 0 Å². The number of rotatable bonds is 5. The largest absolute Gasteiger partial charge is 0.489 e. The van der Waals surface area contributed by atoms with Crippen LogP contribution in [0.1, 0.15) is 19.4 Å². The summed E-state index contributed by atoms with van der Waals surface area (Å²) in [5, 5.41) is 27.1. The molecule has 8 nitrogen and oxygen atoms in total. The highest BCUT2D eigenvalue weighted by Crippen LogP contribution is 2.31. The summed E-state index contributed by atoms with van der Waals surface area (Å²) in [6.07, 6.45) is 5.08. The molecule has 1 aliphatic rings. The molecule has 1 fully saturated rings. The van der Waals surface area contributed by atoms with Crippen LogP contribution in [-0.2, 0) is 0 Å². The van der Waals surface area contributed by atoms with Crippen molar-refractivity contribution in [1.82, 2.24) is 19.9 Å². The van der Waals surface area contributed by atoms with Gasteiger partial charge in [-0.15, -0.1) is 24.8 Å². The molecule has 1 saturated heterocycles. The van der Waals surface area contributed by atoms with E-state index >= 15 is 0 Å². The molecule has 0 aromatic carbocycles. The fourth-order valence-corrected chi connectivity index (χ4v) is 3.36. The zero-order chi connectivity index (χ0) is 20.4. The zero-order valence-corrected chi connectivity index (χ0v) is 19.0. The summed E-state index contributed by atoms with van der Waals surface area (Å²) in [5.74, 6) is 1.50. The number of aromatic nitrogens is 3. The third kappa shape index (κ3) is 5.57. The number of halogens is 2. The first-order valence-electron chi connectivity index (χ1n) is 9.63. The highest BCUT2D eigenvalue weighted by atomic mass is 35.5. The van der Waals surface area contributed by atoms with E-state index in [9.17, 15) is 10.4 Å². The lowest BCUT2D eigenvalue weighted by Gasteiger charge is -2.28. The normalized spacial score (nSPS) is 13.8. The average molecular weight is 465 g/mol. The second kappa shape index (κ2) is 10.2. The molecule has 0 unspecified atom stereocenters. The highest BCUT2D eigenvalue weighted by Gasteiger charge is 2.18. The Kier molecular flexibility index (Phi) is 8.09. The van der Waals surface area contributed by atoms with Crippen LogP contribution in [0.4, 0.5) is 5.82 Å². The van der Waals surface area contributed by atoms with Gasteiger partial charge >= 0.3 is 0 Å². The van der Waals surface area contributed by atoms with Crippen LogP contribution in [0.3, 0.4) is 0 Å². The van der Waals surface area contributed by atoms with E-state index in [1.807, 2.05) is 24.4 Å². The van der Waals surface area contributed by atoms with Crippen LogP contribution in [0, 0.1) is 11.3 Å². The first-order valence-corrected chi connectivity index (χ1v) is 9.63. The Bertz CT molecular complexity index is 1050. The van der Waals surface area contributed by atoms with Crippen LogP contribution in [0.25, 0.3) is 16.6 Å². The summed E-state index contributed by atoms with van der Waals surface area (Å²) < 4.78 is 7.41. The zero-order valence-electron chi connectivity index (χ0n) is 17.4. The number of nitriles is 1. The number of ether oxygens (including phenoxy) is 1. The van der Waals surface area contributed by atoms with E-state index < -0.39 is 5.60 Å². The molecular formula is C21H26Cl2N6O2. The molecule has 2 N–H and O–H groups in total. The Hall–Kier alpha value is -2.57. The molecule has 0 amide bonds. The topological polar surface area (TPSA) is 98.7 Å². The first kappa shape index (κ1) is 24.7. The summed E-state index contributed by atoms with van der Waals surface area (Å²) in [5.41, 5.74) is 1.93. The van der Waals surface area contributed by atoms with Crippen molar-refractivity contribution in [1.29, 1.82) is 5.26 Å². The summed E-state index contributed by atoms with van der Waals surface area (Å²) in [6.45, 7) is 7.28. The van der Waals surface area contributed by atoms with Crippen molar-refractivity contribution in [3.05, 3.63) is 42.4 Å². The summed E-state index contributed by atoms with van der Waals surface area (Å²) in [7, 11) is 0. The van der Waals surface area contributed by atoms with Crippen LogP contribution in [0.15, 0.2) is 36.8 Å². The molecule has 1 aliphatic heterocycles. The monoisotopic (exact) mass is 464 g/mol. The van der Waals surface area contributed by atoms with Gasteiger partial charge in [0.25, 0.3) is 0 Å². The van der Waals surface area contributed by atoms with Gasteiger partial charge in [-0.25, -0.2) is 9.50 Å². The number of fused-ring (bicyclic) bond motifs is 1. The van der Waals surface area contributed by atoms with Gasteiger partial charge in [0.1, 0.15) is 24.2 Å². The van der Waals surface area contributed by atoms with E-state index in [0.717, 1.165) is 43.1 Å². The van der Waals surface area contributed by atoms with Crippen LogP contribution < -0.4 is 15.0 Å². The summed E-state index contributed by atoms with van der Waals surface area (Å²) in [6, 6.07) is 8.08. The average Bonchev–Trinajstić information content (AvgIpc) is 3.15. The summed E-state index contributed by atoms with van der Waals surface area (Å²) >= 11 is 0. The van der Waals surface area contributed by atoms with Gasteiger partial charge in [0.05, 0.1) is 29.1 Å². The molecule has 31 heavy (non-hydrogen) atoms. The number of piperazine rings is 1. The van der Waals surface area contributed by atoms with Crippen molar-refractivity contribution < 1.29 is 9.84 Å². The van der Waals surface area contributed by atoms with E-state index in [0.29, 0.717) is 16.8 Å². The molecule has 0 spiro atoms. The quantitative estimate of drug-likeness (QED) is 0.598. The SMILES string of the molecule is CC(C)(O)COc1cc(-c2ccc(N3CCNCC3)nc2)c2c(C#N)cnn2c1.Cl.Cl. The number of hydrogen-bond donors (Lipinski definition) is 2. The minimum absolute atomic E-state index is 0. The maximum Gasteiger partial charge on any atom is 0.138 e. The van der Waals surface area contributed by atoms with Gasteiger partial charge in [0.2, 0.25) is 0 Å². The number of nitrogens with zero attached hydrogens (tertiary/aromatic N) is 5. The summed E-state index contributed by atoms with van der Waals surface area (Å²) in [4.78, 5) is 6.89. The molecule has 0 aliphatic carbocycles. The smallest absolute Gasteiger partial charge is 0.138 e. The lowest BCUT2D eigenvalue weighted by molar-refractivity contribution is 0.0283. The third-order valence-electron chi connectivity index (χ3n) is 4.80. The van der Waals surface area contributed by atoms with Gasteiger partial charge in [-0.3, -0.25) is 0 Å². The van der Waals surface area contributed by atoms with Gasteiger partial charge in [0, 0.05) is 43.5 Å². The van der Waals surface area contributed by atoms with Crippen molar-refractivity contribution in [2.75, 3.05) is 37.7 Å². The molecular weight excluding hydrogens is 439 g/mol. The van der Waals surface area contributed by atoms with Crippen LogP contribution in [-0.4, -0.2) is 58.1 Å². The number of nitrogens with one attached hydrogen (secondary N) is 1. The Morgan fingerprint density at radius 2 is 1.97 bits per heavy atom. The molecule has 166 valence electrons. The molecule has 10 heteroatoms. The van der Waals surface area contributed by atoms with Gasteiger partial charge in [0.15, 0.2) is 0 Å². The minimum atomic E-state index is -0.955. The number of anilines is 1. The fraction of sp³-hybridized carbons (Fsp3) is 0.381. The minimum Gasteiger partial charge on any atom is -0.489 e. The molecule has 0 radical (unpaired) electrons. The Labute approximate surface area is 193 Å². The van der Waals surface area contributed by atoms with Crippen LogP contribution in [0.5, 0.6) is 5.75 Å². The number of hydrogen-bond acceptors (Lipinski definition) is 7. The van der Waals surface area contributed by atoms with E-state index in [1.54, 1.807) is 30.8 Å². The fourth-order valence-electron chi connectivity index (χ4n) is 3.36. The number of aliphatic hydroxyl groups is 1. The molecule has 0 saturated carbocycles. The highest BCUT2D eigenvalue weighted by molar-refractivity contribution is 5.86. The Balaban J connectivity index is 0.00000171. The molecule has 4 heterocycles. The Morgan fingerprint density at radius 3 is 2.58 bits per heavy atom. The first-order chi connectivity index (χ1) is 13.9. The van der Waals surface area contributed by atoms with Gasteiger partial charge < -0.3 is 20.1 Å². The Morgan fingerprint density at radius 1 is 1.23 bits per heavy atom. The van der Waals surface area contributed by atoms with E-state index in [4.69, 9.17) is 4.74 Å². The van der Waals surface area contributed by atoms with Crippen molar-refractivity contribution in [3.63, 3.8) is 0 Å². The van der Waals surface area contributed by atoms with Crippen molar-refractivity contribution in [2.45, 2.75) is 19.4 Å². The van der Waals surface area contributed by atoms with Crippen molar-refractivity contribution >= 4 is 36.1 Å². The standard InChI is InChI=1S/C21H24N6O2.2ClH/c1-21(2,28)14-29-17-9-18(20-16(10-22)12-25-27(20)13-17)15-3-4-19(24-11-15)26-7-5-23-6-8-26;;/h3-4,9,11-13,23,28H,5-8,14H2,1-2H3;2*1H. The predicted octanol–water partition coefficient (Wildman–Crippen LogP) is 2.67. The lowest BCUT2D eigenvalue weighted by Crippen LogP contribution is -2.43. The van der Waals surface area contributed by atoms with Gasteiger partial charge in [-0.1, -0.05) is 0 Å². The second-order valence-corrected chi connectivity index (χ2v) is 7.80. The number of pyridine rings is 2. The molecule has 0 bridgehead atoms. The maximum absolute atomic E-state index is 9.97.